The molecule has 0 saturated carbocycles. The fourth-order valence-electron chi connectivity index (χ4n) is 2.21. The lowest BCUT2D eigenvalue weighted by Crippen LogP contribution is -2.27. The monoisotopic (exact) mass is 244 g/mol. The van der Waals surface area contributed by atoms with Gasteiger partial charge in [-0.25, -0.2) is 0 Å². The van der Waals surface area contributed by atoms with Crippen LogP contribution in [-0.2, 0) is 6.18 Å². The highest BCUT2D eigenvalue weighted by Gasteiger charge is 2.32. The van der Waals surface area contributed by atoms with E-state index in [9.17, 15) is 13.2 Å². The van der Waals surface area contributed by atoms with Crippen LogP contribution in [0.1, 0.15) is 23.6 Å². The van der Waals surface area contributed by atoms with Crippen LogP contribution in [0.25, 0.3) is 0 Å². The second-order valence-electron chi connectivity index (χ2n) is 4.49. The molecule has 0 saturated heterocycles. The topological polar surface area (TPSA) is 15.3 Å². The Balaban J connectivity index is 2.40. The van der Waals surface area contributed by atoms with E-state index >= 15 is 0 Å². The summed E-state index contributed by atoms with van der Waals surface area (Å²) in [6.45, 7) is 0.706. The average molecular weight is 244 g/mol. The summed E-state index contributed by atoms with van der Waals surface area (Å²) in [5, 5.41) is 3.03. The van der Waals surface area contributed by atoms with Crippen LogP contribution in [0.15, 0.2) is 18.2 Å². The third kappa shape index (κ3) is 2.39. The molecule has 5 heteroatoms. The molecule has 0 spiro atoms. The number of benzene rings is 1. The van der Waals surface area contributed by atoms with Gasteiger partial charge < -0.3 is 10.2 Å². The Kier molecular flexibility index (Phi) is 3.03. The highest BCUT2D eigenvalue weighted by molar-refractivity contribution is 5.56. The van der Waals surface area contributed by atoms with E-state index in [1.807, 2.05) is 19.0 Å². The molecule has 0 radical (unpaired) electrons. The number of hydrogen-bond acceptors (Lipinski definition) is 2. The van der Waals surface area contributed by atoms with Crippen molar-refractivity contribution in [2.24, 2.45) is 0 Å². The van der Waals surface area contributed by atoms with Crippen LogP contribution in [-0.4, -0.2) is 25.5 Å². The lowest BCUT2D eigenvalue weighted by atomic mass is 9.95. The van der Waals surface area contributed by atoms with E-state index in [-0.39, 0.29) is 6.04 Å². The van der Waals surface area contributed by atoms with Gasteiger partial charge in [-0.05, 0) is 38.2 Å². The summed E-state index contributed by atoms with van der Waals surface area (Å²) in [5.41, 5.74) is 0.946. The minimum atomic E-state index is -4.28. The Labute approximate surface area is 98.4 Å². The molecular weight excluding hydrogens is 229 g/mol. The number of halogens is 3. The smallest absolute Gasteiger partial charge is 0.385 e. The van der Waals surface area contributed by atoms with Crippen LogP contribution in [0, 0.1) is 0 Å². The van der Waals surface area contributed by atoms with Gasteiger partial charge in [0.15, 0.2) is 0 Å². The maximum Gasteiger partial charge on any atom is 0.416 e. The van der Waals surface area contributed by atoms with Gasteiger partial charge in [-0.15, -0.1) is 0 Å². The number of nitrogens with zero attached hydrogens (tertiary/aromatic N) is 1. The highest BCUT2D eigenvalue weighted by atomic mass is 19.4. The molecule has 1 N–H and O–H groups in total. The Bertz CT molecular complexity index is 413. The zero-order valence-electron chi connectivity index (χ0n) is 9.80. The van der Waals surface area contributed by atoms with Crippen molar-refractivity contribution in [3.8, 4) is 0 Å². The quantitative estimate of drug-likeness (QED) is 0.816. The molecule has 94 valence electrons. The van der Waals surface area contributed by atoms with Crippen LogP contribution in [0.3, 0.4) is 0 Å². The minimum Gasteiger partial charge on any atom is -0.385 e. The van der Waals surface area contributed by atoms with Crippen LogP contribution >= 0.6 is 0 Å². The highest BCUT2D eigenvalue weighted by Crippen LogP contribution is 2.37. The maximum absolute atomic E-state index is 12.6. The number of alkyl halides is 3. The van der Waals surface area contributed by atoms with E-state index in [2.05, 4.69) is 5.32 Å². The van der Waals surface area contributed by atoms with Gasteiger partial charge in [-0.2, -0.15) is 13.2 Å². The first kappa shape index (κ1) is 12.2. The minimum absolute atomic E-state index is 0.188. The third-order valence-corrected chi connectivity index (χ3v) is 3.10. The van der Waals surface area contributed by atoms with Gasteiger partial charge in [-0.1, -0.05) is 6.07 Å². The first-order valence-electron chi connectivity index (χ1n) is 5.51. The maximum atomic E-state index is 12.6. The molecule has 0 aliphatic carbocycles. The SMILES string of the molecule is CN(C)C1CCNc2cc(C(F)(F)F)ccc21. The molecule has 1 aliphatic rings. The number of anilines is 1. The van der Waals surface area contributed by atoms with Crippen molar-refractivity contribution in [3.05, 3.63) is 29.3 Å². The van der Waals surface area contributed by atoms with Gasteiger partial charge in [0.25, 0.3) is 0 Å². The zero-order chi connectivity index (χ0) is 12.6. The van der Waals surface area contributed by atoms with Crippen molar-refractivity contribution in [1.29, 1.82) is 0 Å². The molecule has 1 aliphatic heterocycles. The normalized spacial score (nSPS) is 20.0. The van der Waals surface area contributed by atoms with Crippen molar-refractivity contribution in [1.82, 2.24) is 4.90 Å². The molecule has 0 bridgehead atoms. The summed E-state index contributed by atoms with van der Waals surface area (Å²) in [6, 6.07) is 4.12. The Morgan fingerprint density at radius 1 is 1.29 bits per heavy atom. The number of fused-ring (bicyclic) bond motifs is 1. The Morgan fingerprint density at radius 3 is 2.59 bits per heavy atom. The Hall–Kier alpha value is -1.23. The molecular formula is C12H15F3N2. The molecule has 0 amide bonds. The molecule has 0 aromatic heterocycles. The standard InChI is InChI=1S/C12H15F3N2/c1-17(2)11-5-6-16-10-7-8(12(13,14)15)3-4-9(10)11/h3-4,7,11,16H,5-6H2,1-2H3. The van der Waals surface area contributed by atoms with E-state index in [0.29, 0.717) is 12.2 Å². The molecule has 2 rings (SSSR count). The van der Waals surface area contributed by atoms with Gasteiger partial charge in [0, 0.05) is 18.3 Å². The molecule has 1 unspecified atom stereocenters. The average Bonchev–Trinajstić information content (AvgIpc) is 2.26. The second kappa shape index (κ2) is 4.22. The number of rotatable bonds is 1. The van der Waals surface area contributed by atoms with Crippen molar-refractivity contribution in [3.63, 3.8) is 0 Å². The van der Waals surface area contributed by atoms with Gasteiger partial charge in [-0.3, -0.25) is 0 Å². The molecule has 1 aromatic rings. The van der Waals surface area contributed by atoms with Crippen LogP contribution in [0.5, 0.6) is 0 Å². The molecule has 2 nitrogen and oxygen atoms in total. The van der Waals surface area contributed by atoms with Gasteiger partial charge in [0.1, 0.15) is 0 Å². The largest absolute Gasteiger partial charge is 0.416 e. The van der Waals surface area contributed by atoms with Gasteiger partial charge >= 0.3 is 6.18 Å². The molecule has 1 atom stereocenters. The first-order chi connectivity index (χ1) is 7.89. The van der Waals surface area contributed by atoms with E-state index in [0.717, 1.165) is 18.1 Å². The number of hydrogen-bond donors (Lipinski definition) is 1. The van der Waals surface area contributed by atoms with Gasteiger partial charge in [0.2, 0.25) is 0 Å². The predicted octanol–water partition coefficient (Wildman–Crippen LogP) is 3.12. The van der Waals surface area contributed by atoms with E-state index in [1.165, 1.54) is 6.07 Å². The van der Waals surface area contributed by atoms with Gasteiger partial charge in [0.05, 0.1) is 5.56 Å². The fraction of sp³-hybridized carbons (Fsp3) is 0.500. The van der Waals surface area contributed by atoms with Crippen LogP contribution in [0.4, 0.5) is 18.9 Å². The van der Waals surface area contributed by atoms with Crippen molar-refractivity contribution in [2.45, 2.75) is 18.6 Å². The second-order valence-corrected chi connectivity index (χ2v) is 4.49. The summed E-state index contributed by atoms with van der Waals surface area (Å²) in [5.74, 6) is 0. The van der Waals surface area contributed by atoms with E-state index < -0.39 is 11.7 Å². The Morgan fingerprint density at radius 2 is 2.00 bits per heavy atom. The third-order valence-electron chi connectivity index (χ3n) is 3.10. The molecule has 1 heterocycles. The predicted molar refractivity (Wildman–Crippen MR) is 61.0 cm³/mol. The molecule has 0 fully saturated rings. The van der Waals surface area contributed by atoms with Crippen molar-refractivity contribution >= 4 is 5.69 Å². The number of nitrogens with one attached hydrogen (secondary N) is 1. The van der Waals surface area contributed by atoms with Crippen LogP contribution in [0.2, 0.25) is 0 Å². The van der Waals surface area contributed by atoms with Crippen molar-refractivity contribution < 1.29 is 13.2 Å². The first-order valence-corrected chi connectivity index (χ1v) is 5.51. The molecule has 1 aromatic carbocycles. The summed E-state index contributed by atoms with van der Waals surface area (Å²) >= 11 is 0. The summed E-state index contributed by atoms with van der Waals surface area (Å²) < 4.78 is 37.7. The summed E-state index contributed by atoms with van der Waals surface area (Å²) in [7, 11) is 3.88. The summed E-state index contributed by atoms with van der Waals surface area (Å²) in [4.78, 5) is 2.03. The molecule has 17 heavy (non-hydrogen) atoms. The lowest BCUT2D eigenvalue weighted by Gasteiger charge is -2.32. The lowest BCUT2D eigenvalue weighted by molar-refractivity contribution is -0.137. The van der Waals surface area contributed by atoms with E-state index in [4.69, 9.17) is 0 Å². The van der Waals surface area contributed by atoms with Crippen molar-refractivity contribution in [2.75, 3.05) is 26.0 Å². The van der Waals surface area contributed by atoms with E-state index in [1.54, 1.807) is 6.07 Å². The zero-order valence-corrected chi connectivity index (χ0v) is 9.80. The van der Waals surface area contributed by atoms with Crippen LogP contribution < -0.4 is 5.32 Å². The summed E-state index contributed by atoms with van der Waals surface area (Å²) in [6.07, 6.45) is -3.37. The fourth-order valence-corrected chi connectivity index (χ4v) is 2.21.